The average Bonchev–Trinajstić information content (AvgIpc) is 2.68. The summed E-state index contributed by atoms with van der Waals surface area (Å²) in [4.78, 5) is 0. The molecule has 0 aliphatic rings. The van der Waals surface area contributed by atoms with Crippen molar-refractivity contribution in [2.75, 3.05) is 0 Å². The summed E-state index contributed by atoms with van der Waals surface area (Å²) in [7, 11) is 0. The van der Waals surface area contributed by atoms with Crippen LogP contribution in [0.3, 0.4) is 0 Å². The molecule has 2 nitrogen and oxygen atoms in total. The molecule has 0 bridgehead atoms. The lowest BCUT2D eigenvalue weighted by Crippen LogP contribution is -1.85. The van der Waals surface area contributed by atoms with Gasteiger partial charge in [-0.2, -0.15) is 0 Å². The van der Waals surface area contributed by atoms with Crippen molar-refractivity contribution >= 4 is 11.6 Å². The van der Waals surface area contributed by atoms with Crippen LogP contribution in [0.25, 0.3) is 11.3 Å². The van der Waals surface area contributed by atoms with Gasteiger partial charge in [-0.1, -0.05) is 11.6 Å². The van der Waals surface area contributed by atoms with E-state index < -0.39 is 6.10 Å². The summed E-state index contributed by atoms with van der Waals surface area (Å²) in [6.45, 7) is 1.67. The number of benzene rings is 1. The van der Waals surface area contributed by atoms with Gasteiger partial charge in [-0.25, -0.2) is 0 Å². The first-order valence-corrected chi connectivity index (χ1v) is 5.08. The van der Waals surface area contributed by atoms with Crippen molar-refractivity contribution in [1.82, 2.24) is 0 Å². The maximum atomic E-state index is 9.31. The Morgan fingerprint density at radius 3 is 2.33 bits per heavy atom. The highest BCUT2D eigenvalue weighted by Crippen LogP contribution is 2.26. The van der Waals surface area contributed by atoms with Crippen LogP contribution in [-0.4, -0.2) is 5.11 Å². The quantitative estimate of drug-likeness (QED) is 0.842. The molecule has 0 amide bonds. The van der Waals surface area contributed by atoms with Gasteiger partial charge in [0.05, 0.1) is 0 Å². The van der Waals surface area contributed by atoms with Crippen molar-refractivity contribution in [3.8, 4) is 11.3 Å². The van der Waals surface area contributed by atoms with E-state index in [9.17, 15) is 5.11 Å². The van der Waals surface area contributed by atoms with E-state index in [1.54, 1.807) is 13.0 Å². The van der Waals surface area contributed by atoms with Crippen LogP contribution in [0.2, 0.25) is 5.02 Å². The predicted octanol–water partition coefficient (Wildman–Crippen LogP) is 3.65. The Balaban J connectivity index is 2.33. The second-order valence-corrected chi connectivity index (χ2v) is 3.82. The van der Waals surface area contributed by atoms with Gasteiger partial charge >= 0.3 is 0 Å². The molecule has 0 fully saturated rings. The molecule has 2 rings (SSSR count). The summed E-state index contributed by atoms with van der Waals surface area (Å²) in [5.74, 6) is 1.31. The predicted molar refractivity (Wildman–Crippen MR) is 59.8 cm³/mol. The third-order valence-electron chi connectivity index (χ3n) is 2.17. The van der Waals surface area contributed by atoms with Crippen molar-refractivity contribution in [2.45, 2.75) is 13.0 Å². The maximum absolute atomic E-state index is 9.31. The molecule has 0 aliphatic carbocycles. The molecular formula is C12H11ClO2. The number of rotatable bonds is 2. The fourth-order valence-corrected chi connectivity index (χ4v) is 1.47. The highest BCUT2D eigenvalue weighted by Gasteiger charge is 2.08. The highest BCUT2D eigenvalue weighted by atomic mass is 35.5. The zero-order valence-corrected chi connectivity index (χ0v) is 9.03. The molecule has 1 N–H and O–H groups in total. The Kier molecular flexibility index (Phi) is 2.80. The molecule has 15 heavy (non-hydrogen) atoms. The van der Waals surface area contributed by atoms with Gasteiger partial charge in [0.15, 0.2) is 0 Å². The third kappa shape index (κ3) is 2.22. The Morgan fingerprint density at radius 1 is 1.13 bits per heavy atom. The molecule has 1 aromatic heterocycles. The van der Waals surface area contributed by atoms with Gasteiger partial charge in [0.25, 0.3) is 0 Å². The summed E-state index contributed by atoms with van der Waals surface area (Å²) in [6.07, 6.45) is -0.578. The highest BCUT2D eigenvalue weighted by molar-refractivity contribution is 6.30. The van der Waals surface area contributed by atoms with E-state index in [2.05, 4.69) is 0 Å². The molecule has 0 saturated heterocycles. The van der Waals surface area contributed by atoms with E-state index in [-0.39, 0.29) is 0 Å². The van der Waals surface area contributed by atoms with Crippen LogP contribution < -0.4 is 0 Å². The molecule has 78 valence electrons. The molecule has 2 aromatic rings. The van der Waals surface area contributed by atoms with E-state index in [4.69, 9.17) is 16.0 Å². The van der Waals surface area contributed by atoms with E-state index in [0.29, 0.717) is 10.8 Å². The Bertz CT molecular complexity index is 443. The second-order valence-electron chi connectivity index (χ2n) is 3.38. The molecular weight excluding hydrogens is 212 g/mol. The third-order valence-corrected chi connectivity index (χ3v) is 2.42. The lowest BCUT2D eigenvalue weighted by molar-refractivity contribution is 0.170. The van der Waals surface area contributed by atoms with E-state index in [0.717, 1.165) is 11.3 Å². The minimum absolute atomic E-state index is 0.569. The SMILES string of the molecule is C[C@@H](O)c1ccc(-c2ccc(Cl)cc2)o1. The molecule has 0 spiro atoms. The smallest absolute Gasteiger partial charge is 0.134 e. The van der Waals surface area contributed by atoms with E-state index in [1.807, 2.05) is 30.3 Å². The second kappa shape index (κ2) is 4.09. The molecule has 0 saturated carbocycles. The van der Waals surface area contributed by atoms with Gasteiger partial charge in [-0.05, 0) is 43.3 Å². The van der Waals surface area contributed by atoms with Crippen LogP contribution in [0, 0.1) is 0 Å². The fraction of sp³-hybridized carbons (Fsp3) is 0.167. The van der Waals surface area contributed by atoms with Crippen molar-refractivity contribution in [2.24, 2.45) is 0 Å². The molecule has 3 heteroatoms. The number of furan rings is 1. The van der Waals surface area contributed by atoms with Gasteiger partial charge < -0.3 is 9.52 Å². The first kappa shape index (κ1) is 10.3. The largest absolute Gasteiger partial charge is 0.458 e. The van der Waals surface area contributed by atoms with Crippen LogP contribution >= 0.6 is 11.6 Å². The van der Waals surface area contributed by atoms with E-state index >= 15 is 0 Å². The monoisotopic (exact) mass is 222 g/mol. The van der Waals surface area contributed by atoms with Crippen molar-refractivity contribution in [1.29, 1.82) is 0 Å². The van der Waals surface area contributed by atoms with Gasteiger partial charge in [0, 0.05) is 10.6 Å². The van der Waals surface area contributed by atoms with Crippen LogP contribution in [-0.2, 0) is 0 Å². The first-order chi connectivity index (χ1) is 7.16. The fourth-order valence-electron chi connectivity index (χ4n) is 1.35. The van der Waals surface area contributed by atoms with Crippen LogP contribution in [0.1, 0.15) is 18.8 Å². The molecule has 1 aromatic carbocycles. The van der Waals surface area contributed by atoms with Gasteiger partial charge in [0.1, 0.15) is 17.6 Å². The normalized spacial score (nSPS) is 12.7. The number of halogens is 1. The van der Waals surface area contributed by atoms with Gasteiger partial charge in [0.2, 0.25) is 0 Å². The van der Waals surface area contributed by atoms with Crippen molar-refractivity contribution in [3.05, 3.63) is 47.2 Å². The summed E-state index contributed by atoms with van der Waals surface area (Å²) < 4.78 is 5.48. The molecule has 1 heterocycles. The van der Waals surface area contributed by atoms with Gasteiger partial charge in [-0.3, -0.25) is 0 Å². The minimum atomic E-state index is -0.578. The zero-order chi connectivity index (χ0) is 10.8. The van der Waals surface area contributed by atoms with Crippen molar-refractivity contribution < 1.29 is 9.52 Å². The zero-order valence-electron chi connectivity index (χ0n) is 8.27. The summed E-state index contributed by atoms with van der Waals surface area (Å²) in [5, 5.41) is 10.0. The van der Waals surface area contributed by atoms with Crippen LogP contribution in [0.4, 0.5) is 0 Å². The Hall–Kier alpha value is -1.25. The Morgan fingerprint density at radius 2 is 1.80 bits per heavy atom. The molecule has 0 aliphatic heterocycles. The number of hydrogen-bond donors (Lipinski definition) is 1. The van der Waals surface area contributed by atoms with Crippen LogP contribution in [0.5, 0.6) is 0 Å². The molecule has 0 unspecified atom stereocenters. The number of aliphatic hydroxyl groups is 1. The lowest BCUT2D eigenvalue weighted by Gasteiger charge is -1.99. The summed E-state index contributed by atoms with van der Waals surface area (Å²) >= 11 is 5.78. The topological polar surface area (TPSA) is 33.4 Å². The van der Waals surface area contributed by atoms with Crippen molar-refractivity contribution in [3.63, 3.8) is 0 Å². The summed E-state index contributed by atoms with van der Waals surface area (Å²) in [5.41, 5.74) is 0.950. The summed E-state index contributed by atoms with van der Waals surface area (Å²) in [6, 6.07) is 11.0. The average molecular weight is 223 g/mol. The number of aliphatic hydroxyl groups excluding tert-OH is 1. The first-order valence-electron chi connectivity index (χ1n) is 4.70. The Labute approximate surface area is 93.1 Å². The molecule has 0 radical (unpaired) electrons. The lowest BCUT2D eigenvalue weighted by atomic mass is 10.2. The van der Waals surface area contributed by atoms with Gasteiger partial charge in [-0.15, -0.1) is 0 Å². The number of hydrogen-bond acceptors (Lipinski definition) is 2. The standard InChI is InChI=1S/C12H11ClO2/c1-8(14)11-6-7-12(15-11)9-2-4-10(13)5-3-9/h2-8,14H,1H3/t8-/m1/s1. The van der Waals surface area contributed by atoms with E-state index in [1.165, 1.54) is 0 Å². The van der Waals surface area contributed by atoms with Crippen LogP contribution in [0.15, 0.2) is 40.8 Å². The minimum Gasteiger partial charge on any atom is -0.458 e. The maximum Gasteiger partial charge on any atom is 0.134 e. The molecule has 1 atom stereocenters.